The van der Waals surface area contributed by atoms with Crippen LogP contribution in [0.5, 0.6) is 0 Å². The van der Waals surface area contributed by atoms with Crippen LogP contribution in [-0.4, -0.2) is 9.78 Å². The minimum Gasteiger partial charge on any atom is -0.320 e. The predicted octanol–water partition coefficient (Wildman–Crippen LogP) is 1.92. The lowest BCUT2D eigenvalue weighted by atomic mass is 10.0. The van der Waals surface area contributed by atoms with E-state index in [2.05, 4.69) is 5.10 Å². The molecule has 0 aliphatic rings. The molecule has 1 aromatic carbocycles. The van der Waals surface area contributed by atoms with Crippen molar-refractivity contribution in [3.8, 4) is 0 Å². The number of aryl methyl sites for hydroxylation is 2. The third kappa shape index (κ3) is 1.97. The first-order valence-electron chi connectivity index (χ1n) is 5.08. The van der Waals surface area contributed by atoms with E-state index in [-0.39, 0.29) is 5.82 Å². The normalized spacial score (nSPS) is 12.8. The molecule has 0 saturated carbocycles. The fourth-order valence-electron chi connectivity index (χ4n) is 1.68. The molecule has 0 aliphatic carbocycles. The van der Waals surface area contributed by atoms with Crippen molar-refractivity contribution in [3.05, 3.63) is 53.1 Å². The summed E-state index contributed by atoms with van der Waals surface area (Å²) in [6, 6.07) is 4.48. The largest absolute Gasteiger partial charge is 0.320 e. The molecule has 1 aromatic heterocycles. The molecule has 0 bridgehead atoms. The van der Waals surface area contributed by atoms with Gasteiger partial charge >= 0.3 is 0 Å². The molecule has 16 heavy (non-hydrogen) atoms. The maximum atomic E-state index is 13.6. The van der Waals surface area contributed by atoms with Gasteiger partial charge in [0.2, 0.25) is 0 Å². The van der Waals surface area contributed by atoms with Crippen molar-refractivity contribution in [2.24, 2.45) is 12.8 Å². The van der Waals surface area contributed by atoms with Crippen LogP contribution in [0.15, 0.2) is 30.6 Å². The summed E-state index contributed by atoms with van der Waals surface area (Å²) < 4.78 is 15.3. The van der Waals surface area contributed by atoms with Crippen LogP contribution in [0.25, 0.3) is 0 Å². The summed E-state index contributed by atoms with van der Waals surface area (Å²) in [6.07, 6.45) is 3.46. The lowest BCUT2D eigenvalue weighted by molar-refractivity contribution is 0.599. The number of halogens is 1. The molecule has 2 N–H and O–H groups in total. The minimum absolute atomic E-state index is 0.276. The van der Waals surface area contributed by atoms with Crippen LogP contribution in [0.4, 0.5) is 4.39 Å². The van der Waals surface area contributed by atoms with Gasteiger partial charge in [0, 0.05) is 24.4 Å². The van der Waals surface area contributed by atoms with Crippen LogP contribution < -0.4 is 5.73 Å². The van der Waals surface area contributed by atoms with Crippen molar-refractivity contribution in [1.82, 2.24) is 9.78 Å². The molecule has 0 fully saturated rings. The lowest BCUT2D eigenvalue weighted by Gasteiger charge is -2.11. The molecule has 4 heteroatoms. The van der Waals surface area contributed by atoms with Crippen LogP contribution >= 0.6 is 0 Å². The van der Waals surface area contributed by atoms with Crippen molar-refractivity contribution >= 4 is 0 Å². The summed E-state index contributed by atoms with van der Waals surface area (Å²) in [4.78, 5) is 0. The molecule has 2 rings (SSSR count). The summed E-state index contributed by atoms with van der Waals surface area (Å²) in [5.74, 6) is -0.276. The Labute approximate surface area is 93.7 Å². The van der Waals surface area contributed by atoms with Crippen molar-refractivity contribution < 1.29 is 4.39 Å². The predicted molar refractivity (Wildman–Crippen MR) is 60.4 cm³/mol. The van der Waals surface area contributed by atoms with Crippen LogP contribution in [0.3, 0.4) is 0 Å². The van der Waals surface area contributed by atoms with E-state index in [1.807, 2.05) is 14.0 Å². The van der Waals surface area contributed by atoms with Gasteiger partial charge in [-0.05, 0) is 13.0 Å². The van der Waals surface area contributed by atoms with Gasteiger partial charge in [-0.15, -0.1) is 0 Å². The quantitative estimate of drug-likeness (QED) is 0.838. The Kier molecular flexibility index (Phi) is 2.75. The molecule has 1 atom stereocenters. The van der Waals surface area contributed by atoms with E-state index in [1.54, 1.807) is 29.2 Å². The van der Waals surface area contributed by atoms with Crippen LogP contribution in [0.1, 0.15) is 22.7 Å². The molecule has 0 saturated heterocycles. The highest BCUT2D eigenvalue weighted by molar-refractivity contribution is 5.32. The molecule has 3 nitrogen and oxygen atoms in total. The molecule has 0 spiro atoms. The first-order chi connectivity index (χ1) is 7.58. The van der Waals surface area contributed by atoms with Crippen molar-refractivity contribution in [3.63, 3.8) is 0 Å². The Balaban J connectivity index is 2.40. The summed E-state index contributed by atoms with van der Waals surface area (Å²) in [6.45, 7) is 1.92. The molecule has 1 unspecified atom stereocenters. The molecule has 0 amide bonds. The van der Waals surface area contributed by atoms with Crippen molar-refractivity contribution in [1.29, 1.82) is 0 Å². The molecule has 1 heterocycles. The average Bonchev–Trinajstić information content (AvgIpc) is 2.67. The van der Waals surface area contributed by atoms with E-state index >= 15 is 0 Å². The Bertz CT molecular complexity index is 505. The highest BCUT2D eigenvalue weighted by atomic mass is 19.1. The van der Waals surface area contributed by atoms with Gasteiger partial charge < -0.3 is 5.73 Å². The molecule has 0 radical (unpaired) electrons. The maximum absolute atomic E-state index is 13.6. The van der Waals surface area contributed by atoms with Gasteiger partial charge in [-0.25, -0.2) is 4.39 Å². The van der Waals surface area contributed by atoms with Crippen LogP contribution in [0.2, 0.25) is 0 Å². The second-order valence-corrected chi connectivity index (χ2v) is 3.95. The van der Waals surface area contributed by atoms with E-state index in [0.717, 1.165) is 11.1 Å². The van der Waals surface area contributed by atoms with Gasteiger partial charge in [0.05, 0.1) is 12.2 Å². The highest BCUT2D eigenvalue weighted by Crippen LogP contribution is 2.22. The average molecular weight is 219 g/mol. The Morgan fingerprint density at radius 1 is 1.44 bits per heavy atom. The number of benzene rings is 1. The highest BCUT2D eigenvalue weighted by Gasteiger charge is 2.14. The Morgan fingerprint density at radius 2 is 2.19 bits per heavy atom. The van der Waals surface area contributed by atoms with Gasteiger partial charge in [0.1, 0.15) is 5.82 Å². The van der Waals surface area contributed by atoms with E-state index in [1.165, 1.54) is 6.07 Å². The van der Waals surface area contributed by atoms with Crippen LogP contribution in [0, 0.1) is 12.7 Å². The number of nitrogens with zero attached hydrogens (tertiary/aromatic N) is 2. The summed E-state index contributed by atoms with van der Waals surface area (Å²) >= 11 is 0. The molecular weight excluding hydrogens is 205 g/mol. The zero-order valence-corrected chi connectivity index (χ0v) is 9.31. The summed E-state index contributed by atoms with van der Waals surface area (Å²) in [5, 5.41) is 4.03. The number of hydrogen-bond acceptors (Lipinski definition) is 2. The van der Waals surface area contributed by atoms with Crippen molar-refractivity contribution in [2.45, 2.75) is 13.0 Å². The second-order valence-electron chi connectivity index (χ2n) is 3.95. The number of hydrogen-bond donors (Lipinski definition) is 1. The van der Waals surface area contributed by atoms with E-state index in [0.29, 0.717) is 5.56 Å². The zero-order chi connectivity index (χ0) is 11.7. The molecule has 2 aromatic rings. The Hall–Kier alpha value is -1.68. The monoisotopic (exact) mass is 219 g/mol. The van der Waals surface area contributed by atoms with E-state index < -0.39 is 6.04 Å². The van der Waals surface area contributed by atoms with Gasteiger partial charge in [-0.3, -0.25) is 4.68 Å². The summed E-state index contributed by atoms with van der Waals surface area (Å²) in [5.41, 5.74) is 8.32. The molecule has 84 valence electrons. The van der Waals surface area contributed by atoms with E-state index in [4.69, 9.17) is 5.73 Å². The van der Waals surface area contributed by atoms with E-state index in [9.17, 15) is 4.39 Å². The van der Waals surface area contributed by atoms with Crippen LogP contribution in [-0.2, 0) is 7.05 Å². The number of rotatable bonds is 2. The smallest absolute Gasteiger partial charge is 0.128 e. The first-order valence-corrected chi connectivity index (χ1v) is 5.08. The van der Waals surface area contributed by atoms with Gasteiger partial charge in [0.15, 0.2) is 0 Å². The van der Waals surface area contributed by atoms with Gasteiger partial charge in [-0.2, -0.15) is 5.10 Å². The SMILES string of the molecule is Cc1ccc(F)c(C(N)c2cnn(C)c2)c1. The third-order valence-electron chi connectivity index (χ3n) is 2.57. The first kappa shape index (κ1) is 10.8. The minimum atomic E-state index is -0.464. The zero-order valence-electron chi connectivity index (χ0n) is 9.31. The fraction of sp³-hybridized carbons (Fsp3) is 0.250. The van der Waals surface area contributed by atoms with Gasteiger partial charge in [-0.1, -0.05) is 17.7 Å². The summed E-state index contributed by atoms with van der Waals surface area (Å²) in [7, 11) is 1.81. The van der Waals surface area contributed by atoms with Crippen molar-refractivity contribution in [2.75, 3.05) is 0 Å². The number of nitrogens with two attached hydrogens (primary N) is 1. The lowest BCUT2D eigenvalue weighted by Crippen LogP contribution is -2.13. The number of aromatic nitrogens is 2. The fourth-order valence-corrected chi connectivity index (χ4v) is 1.68. The Morgan fingerprint density at radius 3 is 2.81 bits per heavy atom. The molecular formula is C12H14FN3. The molecule has 0 aliphatic heterocycles. The standard InChI is InChI=1S/C12H14FN3/c1-8-3-4-11(13)10(5-8)12(14)9-6-15-16(2)7-9/h3-7,12H,14H2,1-2H3. The third-order valence-corrected chi connectivity index (χ3v) is 2.57. The maximum Gasteiger partial charge on any atom is 0.128 e. The van der Waals surface area contributed by atoms with Gasteiger partial charge in [0.25, 0.3) is 0 Å². The topological polar surface area (TPSA) is 43.8 Å². The second kappa shape index (κ2) is 4.06.